The molecule has 0 aromatic heterocycles. The number of hydrogen-bond donors (Lipinski definition) is 0. The monoisotopic (exact) mass is 417 g/mol. The van der Waals surface area contributed by atoms with Crippen LogP contribution < -0.4 is 0 Å². The van der Waals surface area contributed by atoms with Crippen LogP contribution in [0.3, 0.4) is 0 Å². The van der Waals surface area contributed by atoms with Gasteiger partial charge in [0.05, 0.1) is 12.0 Å². The maximum atomic E-state index is 13.0. The maximum Gasteiger partial charge on any atom is 0.312 e. The zero-order chi connectivity index (χ0) is 21.4. The van der Waals surface area contributed by atoms with E-state index >= 15 is 0 Å². The average molecular weight is 418 g/mol. The summed E-state index contributed by atoms with van der Waals surface area (Å²) in [6.07, 6.45) is 1.94. The highest BCUT2D eigenvalue weighted by atomic mass is 28.3. The zero-order valence-corrected chi connectivity index (χ0v) is 20.4. The van der Waals surface area contributed by atoms with Crippen LogP contribution in [0.1, 0.15) is 59.1 Å². The predicted molar refractivity (Wildman–Crippen MR) is 120 cm³/mol. The van der Waals surface area contributed by atoms with Gasteiger partial charge in [0, 0.05) is 18.5 Å². The molecule has 0 bridgehead atoms. The van der Waals surface area contributed by atoms with E-state index in [1.165, 1.54) is 5.56 Å². The van der Waals surface area contributed by atoms with Crippen LogP contribution in [-0.4, -0.2) is 39.3 Å². The zero-order valence-electron chi connectivity index (χ0n) is 19.3. The van der Waals surface area contributed by atoms with Crippen molar-refractivity contribution in [1.29, 1.82) is 0 Å². The number of nitrogens with zero attached hydrogens (tertiary/aromatic N) is 1. The van der Waals surface area contributed by atoms with Crippen LogP contribution in [0.15, 0.2) is 30.3 Å². The minimum Gasteiger partial charge on any atom is -0.466 e. The van der Waals surface area contributed by atoms with Crippen molar-refractivity contribution in [2.24, 2.45) is 22.7 Å². The molecule has 1 saturated carbocycles. The van der Waals surface area contributed by atoms with Crippen LogP contribution in [0.4, 0.5) is 0 Å². The molecule has 1 heterocycles. The fourth-order valence-electron chi connectivity index (χ4n) is 5.28. The molecule has 4 nitrogen and oxygen atoms in total. The molecule has 4 atom stereocenters. The molecule has 1 aliphatic heterocycles. The van der Waals surface area contributed by atoms with Gasteiger partial charge < -0.3 is 9.16 Å². The number of benzene rings is 1. The van der Waals surface area contributed by atoms with E-state index in [4.69, 9.17) is 9.16 Å². The van der Waals surface area contributed by atoms with Gasteiger partial charge in [-0.25, -0.2) is 0 Å². The van der Waals surface area contributed by atoms with Crippen LogP contribution in [0.2, 0.25) is 13.1 Å². The van der Waals surface area contributed by atoms with E-state index in [0.717, 1.165) is 19.4 Å². The van der Waals surface area contributed by atoms with Crippen molar-refractivity contribution in [1.82, 2.24) is 4.90 Å². The van der Waals surface area contributed by atoms with Gasteiger partial charge in [0.15, 0.2) is 9.04 Å². The third-order valence-corrected chi connectivity index (χ3v) is 7.67. The molecule has 1 saturated heterocycles. The molecular formula is C24H39NO3Si. The first-order chi connectivity index (χ1) is 13.6. The van der Waals surface area contributed by atoms with Crippen LogP contribution in [-0.2, 0) is 14.0 Å². The Kier molecular flexibility index (Phi) is 6.61. The fraction of sp³-hybridized carbons (Fsp3) is 0.708. The summed E-state index contributed by atoms with van der Waals surface area (Å²) in [5, 5.41) is 0. The number of carbonyl (C=O) groups excluding carboxylic acids is 1. The van der Waals surface area contributed by atoms with Crippen molar-refractivity contribution < 1.29 is 14.0 Å². The molecule has 1 aromatic rings. The Hall–Kier alpha value is -1.17. The molecule has 0 radical (unpaired) electrons. The minimum absolute atomic E-state index is 0.00834. The van der Waals surface area contributed by atoms with E-state index in [0.29, 0.717) is 12.5 Å². The molecule has 162 valence electrons. The average Bonchev–Trinajstić information content (AvgIpc) is 3.37. The van der Waals surface area contributed by atoms with Crippen LogP contribution >= 0.6 is 0 Å². The molecule has 1 unspecified atom stereocenters. The van der Waals surface area contributed by atoms with Crippen molar-refractivity contribution in [3.05, 3.63) is 35.9 Å². The molecule has 0 N–H and O–H groups in total. The summed E-state index contributed by atoms with van der Waals surface area (Å²) in [7, 11) is -1.26. The molecule has 2 aliphatic rings. The van der Waals surface area contributed by atoms with Crippen molar-refractivity contribution in [3.63, 3.8) is 0 Å². The van der Waals surface area contributed by atoms with Gasteiger partial charge in [0.2, 0.25) is 0 Å². The second-order valence-electron chi connectivity index (χ2n) is 10.2. The van der Waals surface area contributed by atoms with E-state index in [9.17, 15) is 4.79 Å². The topological polar surface area (TPSA) is 38.8 Å². The Labute approximate surface area is 178 Å². The quantitative estimate of drug-likeness (QED) is 0.462. The van der Waals surface area contributed by atoms with Crippen LogP contribution in [0.5, 0.6) is 0 Å². The summed E-state index contributed by atoms with van der Waals surface area (Å²) < 4.78 is 12.3. The van der Waals surface area contributed by atoms with Gasteiger partial charge in [-0.3, -0.25) is 9.69 Å². The second kappa shape index (κ2) is 8.52. The lowest BCUT2D eigenvalue weighted by Gasteiger charge is -2.41. The van der Waals surface area contributed by atoms with Gasteiger partial charge in [-0.05, 0) is 56.7 Å². The summed E-state index contributed by atoms with van der Waals surface area (Å²) in [6.45, 7) is 16.9. The standard InChI is InChI=1S/C24H39NO3Si/c1-8-27-22(26)24(14-15-24)19-16-25(17(2)18-12-10-9-11-13-18)21(28-29(6)7)20(19)23(3,4)5/h9-13,17,19-21,29H,8,14-16H2,1-7H3/t17-,19+,20+,21?/m0/s1. The second-order valence-corrected chi connectivity index (χ2v) is 12.6. The SMILES string of the molecule is CCOC(=O)C1([C@@H]2CN([C@@H](C)c3ccccc3)C(O[SiH](C)C)[C@@H]2C(C)(C)C)CC1. The third-order valence-electron chi connectivity index (χ3n) is 6.85. The van der Waals surface area contributed by atoms with E-state index in [-0.39, 0.29) is 35.0 Å². The first-order valence-electron chi connectivity index (χ1n) is 11.2. The molecule has 2 fully saturated rings. The van der Waals surface area contributed by atoms with Crippen molar-refractivity contribution >= 4 is 15.0 Å². The van der Waals surface area contributed by atoms with Gasteiger partial charge in [0.1, 0.15) is 6.23 Å². The number of ether oxygens (including phenoxy) is 1. The van der Waals surface area contributed by atoms with Gasteiger partial charge in [-0.1, -0.05) is 51.1 Å². The van der Waals surface area contributed by atoms with Crippen molar-refractivity contribution in [2.75, 3.05) is 13.2 Å². The third kappa shape index (κ3) is 4.47. The Bertz CT molecular complexity index is 696. The fourth-order valence-corrected chi connectivity index (χ4v) is 6.16. The summed E-state index contributed by atoms with van der Waals surface area (Å²) >= 11 is 0. The molecule has 0 spiro atoms. The highest BCUT2D eigenvalue weighted by molar-refractivity contribution is 6.48. The molecule has 5 heteroatoms. The predicted octanol–water partition coefficient (Wildman–Crippen LogP) is 5.01. The first kappa shape index (κ1) is 22.5. The van der Waals surface area contributed by atoms with E-state index in [1.807, 2.05) is 6.92 Å². The Morgan fingerprint density at radius 2 is 1.86 bits per heavy atom. The first-order valence-corrected chi connectivity index (χ1v) is 14.0. The summed E-state index contributed by atoms with van der Waals surface area (Å²) in [5.41, 5.74) is 1.03. The number of rotatable bonds is 7. The Morgan fingerprint density at radius 3 is 2.34 bits per heavy atom. The van der Waals surface area contributed by atoms with E-state index in [2.05, 4.69) is 76.0 Å². The lowest BCUT2D eigenvalue weighted by molar-refractivity contribution is -0.153. The van der Waals surface area contributed by atoms with Crippen LogP contribution in [0, 0.1) is 22.7 Å². The van der Waals surface area contributed by atoms with Crippen molar-refractivity contribution in [2.45, 2.75) is 72.8 Å². The van der Waals surface area contributed by atoms with E-state index < -0.39 is 9.04 Å². The normalized spacial score (nSPS) is 27.8. The summed E-state index contributed by atoms with van der Waals surface area (Å²) in [4.78, 5) is 15.5. The molecule has 3 rings (SSSR count). The largest absolute Gasteiger partial charge is 0.466 e. The lowest BCUT2D eigenvalue weighted by Crippen LogP contribution is -2.44. The van der Waals surface area contributed by atoms with Gasteiger partial charge in [-0.15, -0.1) is 0 Å². The molecule has 29 heavy (non-hydrogen) atoms. The van der Waals surface area contributed by atoms with Gasteiger partial charge >= 0.3 is 5.97 Å². The minimum atomic E-state index is -1.26. The molecule has 1 aromatic carbocycles. The number of esters is 1. The Balaban J connectivity index is 1.99. The van der Waals surface area contributed by atoms with Gasteiger partial charge in [-0.2, -0.15) is 0 Å². The highest BCUT2D eigenvalue weighted by Gasteiger charge is 2.65. The van der Waals surface area contributed by atoms with E-state index in [1.54, 1.807) is 0 Å². The lowest BCUT2D eigenvalue weighted by atomic mass is 9.68. The Morgan fingerprint density at radius 1 is 1.24 bits per heavy atom. The highest BCUT2D eigenvalue weighted by Crippen LogP contribution is 2.62. The smallest absolute Gasteiger partial charge is 0.312 e. The van der Waals surface area contributed by atoms with Crippen molar-refractivity contribution in [3.8, 4) is 0 Å². The maximum absolute atomic E-state index is 13.0. The summed E-state index contributed by atoms with van der Waals surface area (Å²) in [6, 6.07) is 10.9. The number of hydrogen-bond acceptors (Lipinski definition) is 4. The molecule has 0 amide bonds. The molecule has 1 aliphatic carbocycles. The van der Waals surface area contributed by atoms with Crippen LogP contribution in [0.25, 0.3) is 0 Å². The van der Waals surface area contributed by atoms with Gasteiger partial charge in [0.25, 0.3) is 0 Å². The number of carbonyl (C=O) groups is 1. The number of likely N-dealkylation sites (tertiary alicyclic amines) is 1. The summed E-state index contributed by atoms with van der Waals surface area (Å²) in [5.74, 6) is 0.579. The molecular weight excluding hydrogens is 378 g/mol.